The summed E-state index contributed by atoms with van der Waals surface area (Å²) in [5, 5.41) is 5.87. The van der Waals surface area contributed by atoms with Crippen molar-refractivity contribution < 1.29 is 14.1 Å². The molecule has 0 saturated heterocycles. The second-order valence-corrected chi connectivity index (χ2v) is 5.55. The Kier molecular flexibility index (Phi) is 3.83. The fourth-order valence-corrected chi connectivity index (χ4v) is 2.50. The van der Waals surface area contributed by atoms with Crippen LogP contribution in [-0.4, -0.2) is 11.1 Å². The molecule has 4 nitrogen and oxygen atoms in total. The van der Waals surface area contributed by atoms with Crippen LogP contribution in [0.5, 0.6) is 0 Å². The highest BCUT2D eigenvalue weighted by atomic mass is 32.1. The summed E-state index contributed by atoms with van der Waals surface area (Å²) in [7, 11) is 0. The number of carbonyl (C=O) groups excluding carboxylic acids is 1. The van der Waals surface area contributed by atoms with Gasteiger partial charge >= 0.3 is 5.97 Å². The number of hydrogen-bond donors (Lipinski definition) is 0. The zero-order valence-corrected chi connectivity index (χ0v) is 12.2. The number of rotatable bonds is 4. The molecular formula is C16H13NO3S. The van der Waals surface area contributed by atoms with Crippen LogP contribution in [0.3, 0.4) is 0 Å². The maximum absolute atomic E-state index is 11.9. The molecule has 0 N–H and O–H groups in total. The minimum Gasteiger partial charge on any atom is -0.455 e. The summed E-state index contributed by atoms with van der Waals surface area (Å²) in [6, 6.07) is 12.9. The number of carbonyl (C=O) groups is 1. The molecule has 0 saturated carbocycles. The molecule has 0 radical (unpaired) electrons. The molecule has 0 spiro atoms. The van der Waals surface area contributed by atoms with Gasteiger partial charge in [-0.25, -0.2) is 4.79 Å². The summed E-state index contributed by atoms with van der Waals surface area (Å²) < 4.78 is 10.5. The van der Waals surface area contributed by atoms with E-state index in [1.54, 1.807) is 29.5 Å². The number of hydrogen-bond acceptors (Lipinski definition) is 5. The van der Waals surface area contributed by atoms with Gasteiger partial charge in [-0.15, -0.1) is 11.3 Å². The fourth-order valence-electron chi connectivity index (χ4n) is 1.83. The second kappa shape index (κ2) is 5.93. The fraction of sp³-hybridized carbons (Fsp3) is 0.125. The van der Waals surface area contributed by atoms with Gasteiger partial charge in [-0.2, -0.15) is 0 Å². The number of nitrogens with zero attached hydrogens (tertiary/aromatic N) is 1. The standard InChI is InChI=1S/C16H13NO3S/c1-11-4-6-12(7-5-11)16(18)19-10-13-9-14(20-17-13)15-3-2-8-21-15/h2-9H,10H2,1H3. The quantitative estimate of drug-likeness (QED) is 0.681. The van der Waals surface area contributed by atoms with Crippen molar-refractivity contribution in [3.63, 3.8) is 0 Å². The van der Waals surface area contributed by atoms with Gasteiger partial charge in [0.25, 0.3) is 0 Å². The molecule has 0 aliphatic rings. The van der Waals surface area contributed by atoms with Crippen molar-refractivity contribution in [2.24, 2.45) is 0 Å². The molecule has 5 heteroatoms. The highest BCUT2D eigenvalue weighted by molar-refractivity contribution is 7.13. The summed E-state index contributed by atoms with van der Waals surface area (Å²) >= 11 is 1.57. The van der Waals surface area contributed by atoms with Gasteiger partial charge in [-0.3, -0.25) is 0 Å². The van der Waals surface area contributed by atoms with Crippen LogP contribution < -0.4 is 0 Å². The smallest absolute Gasteiger partial charge is 0.338 e. The van der Waals surface area contributed by atoms with Gasteiger partial charge < -0.3 is 9.26 Å². The number of aryl methyl sites for hydroxylation is 1. The zero-order valence-electron chi connectivity index (χ0n) is 11.4. The first-order valence-corrected chi connectivity index (χ1v) is 7.33. The highest BCUT2D eigenvalue weighted by Gasteiger charge is 2.11. The van der Waals surface area contributed by atoms with E-state index >= 15 is 0 Å². The SMILES string of the molecule is Cc1ccc(C(=O)OCc2cc(-c3cccs3)on2)cc1. The number of thiophene rings is 1. The Hall–Kier alpha value is -2.40. The Morgan fingerprint density at radius 2 is 2.10 bits per heavy atom. The Morgan fingerprint density at radius 1 is 1.29 bits per heavy atom. The topological polar surface area (TPSA) is 52.3 Å². The minimum atomic E-state index is -0.365. The first-order valence-electron chi connectivity index (χ1n) is 6.45. The molecule has 0 bridgehead atoms. The monoisotopic (exact) mass is 299 g/mol. The third-order valence-corrected chi connectivity index (χ3v) is 3.85. The van der Waals surface area contributed by atoms with Crippen molar-refractivity contribution in [2.75, 3.05) is 0 Å². The summed E-state index contributed by atoms with van der Waals surface area (Å²) in [5.41, 5.74) is 2.23. The van der Waals surface area contributed by atoms with Crippen molar-refractivity contribution in [3.05, 3.63) is 64.7 Å². The number of ether oxygens (including phenoxy) is 1. The predicted octanol–water partition coefficient (Wildman–Crippen LogP) is 4.07. The van der Waals surface area contributed by atoms with Crippen LogP contribution in [0.15, 0.2) is 52.4 Å². The molecule has 2 aromatic heterocycles. The Labute approximate surface area is 126 Å². The first kappa shape index (κ1) is 13.6. The van der Waals surface area contributed by atoms with Crippen LogP contribution in [0.2, 0.25) is 0 Å². The third-order valence-electron chi connectivity index (χ3n) is 2.96. The molecule has 3 aromatic rings. The minimum absolute atomic E-state index is 0.0988. The Morgan fingerprint density at radius 3 is 2.81 bits per heavy atom. The lowest BCUT2D eigenvalue weighted by Crippen LogP contribution is -2.05. The van der Waals surface area contributed by atoms with Crippen LogP contribution in [-0.2, 0) is 11.3 Å². The molecule has 106 valence electrons. The number of esters is 1. The molecule has 0 atom stereocenters. The van der Waals surface area contributed by atoms with E-state index in [2.05, 4.69) is 5.16 Å². The lowest BCUT2D eigenvalue weighted by atomic mass is 10.1. The van der Waals surface area contributed by atoms with Crippen molar-refractivity contribution >= 4 is 17.3 Å². The number of benzene rings is 1. The van der Waals surface area contributed by atoms with Crippen LogP contribution in [0.4, 0.5) is 0 Å². The molecule has 1 aromatic carbocycles. The Bertz CT molecular complexity index is 729. The van der Waals surface area contributed by atoms with Gasteiger partial charge in [0.05, 0.1) is 10.4 Å². The van der Waals surface area contributed by atoms with E-state index in [9.17, 15) is 4.79 Å². The van der Waals surface area contributed by atoms with Gasteiger partial charge in [0.15, 0.2) is 5.76 Å². The lowest BCUT2D eigenvalue weighted by Gasteiger charge is -2.02. The molecule has 3 rings (SSSR count). The second-order valence-electron chi connectivity index (χ2n) is 4.60. The van der Waals surface area contributed by atoms with Crippen LogP contribution >= 0.6 is 11.3 Å². The van der Waals surface area contributed by atoms with E-state index in [4.69, 9.17) is 9.26 Å². The van der Waals surface area contributed by atoms with E-state index in [-0.39, 0.29) is 12.6 Å². The van der Waals surface area contributed by atoms with E-state index in [0.29, 0.717) is 17.0 Å². The molecule has 0 aliphatic heterocycles. The summed E-state index contributed by atoms with van der Waals surface area (Å²) in [4.78, 5) is 12.9. The van der Waals surface area contributed by atoms with Crippen molar-refractivity contribution in [2.45, 2.75) is 13.5 Å². The lowest BCUT2D eigenvalue weighted by molar-refractivity contribution is 0.0464. The predicted molar refractivity (Wildman–Crippen MR) is 80.1 cm³/mol. The van der Waals surface area contributed by atoms with E-state index < -0.39 is 0 Å². The molecule has 0 unspecified atom stereocenters. The third kappa shape index (κ3) is 3.20. The van der Waals surface area contributed by atoms with Crippen molar-refractivity contribution in [1.82, 2.24) is 5.16 Å². The van der Waals surface area contributed by atoms with Crippen LogP contribution in [0.25, 0.3) is 10.6 Å². The Balaban J connectivity index is 1.62. The van der Waals surface area contributed by atoms with Crippen molar-refractivity contribution in [1.29, 1.82) is 0 Å². The summed E-state index contributed by atoms with van der Waals surface area (Å²) in [5.74, 6) is 0.321. The maximum atomic E-state index is 11.9. The maximum Gasteiger partial charge on any atom is 0.338 e. The van der Waals surface area contributed by atoms with Crippen molar-refractivity contribution in [3.8, 4) is 10.6 Å². The molecular weight excluding hydrogens is 286 g/mol. The summed E-state index contributed by atoms with van der Waals surface area (Å²) in [6.45, 7) is 2.07. The van der Waals surface area contributed by atoms with Crippen LogP contribution in [0.1, 0.15) is 21.6 Å². The first-order chi connectivity index (χ1) is 10.2. The zero-order chi connectivity index (χ0) is 14.7. The van der Waals surface area contributed by atoms with Gasteiger partial charge in [0, 0.05) is 6.07 Å². The average molecular weight is 299 g/mol. The largest absolute Gasteiger partial charge is 0.455 e. The van der Waals surface area contributed by atoms with Crippen LogP contribution in [0, 0.1) is 6.92 Å². The molecule has 0 aliphatic carbocycles. The average Bonchev–Trinajstić information content (AvgIpc) is 3.16. The normalized spacial score (nSPS) is 10.5. The van der Waals surface area contributed by atoms with E-state index in [1.165, 1.54) is 0 Å². The van der Waals surface area contributed by atoms with E-state index in [1.807, 2.05) is 36.6 Å². The van der Waals surface area contributed by atoms with Gasteiger partial charge in [-0.05, 0) is 30.5 Å². The highest BCUT2D eigenvalue weighted by Crippen LogP contribution is 2.25. The molecule has 0 fully saturated rings. The molecule has 2 heterocycles. The number of aromatic nitrogens is 1. The van der Waals surface area contributed by atoms with Gasteiger partial charge in [0.2, 0.25) is 0 Å². The van der Waals surface area contributed by atoms with Gasteiger partial charge in [0.1, 0.15) is 12.3 Å². The summed E-state index contributed by atoms with van der Waals surface area (Å²) in [6.07, 6.45) is 0. The molecule has 0 amide bonds. The molecule has 21 heavy (non-hydrogen) atoms. The van der Waals surface area contributed by atoms with Gasteiger partial charge in [-0.1, -0.05) is 28.9 Å². The van der Waals surface area contributed by atoms with E-state index in [0.717, 1.165) is 10.4 Å².